The van der Waals surface area contributed by atoms with Gasteiger partial charge in [-0.25, -0.2) is 4.90 Å². The largest absolute Gasteiger partial charge is 0.497 e. The van der Waals surface area contributed by atoms with Gasteiger partial charge in [0, 0.05) is 12.6 Å². The van der Waals surface area contributed by atoms with Crippen molar-refractivity contribution in [1.82, 2.24) is 4.90 Å². The van der Waals surface area contributed by atoms with Crippen LogP contribution >= 0.6 is 0 Å². The molecule has 2 atom stereocenters. The van der Waals surface area contributed by atoms with Crippen molar-refractivity contribution in [2.45, 2.75) is 44.2 Å². The van der Waals surface area contributed by atoms with Gasteiger partial charge in [0.15, 0.2) is 0 Å². The van der Waals surface area contributed by atoms with Crippen LogP contribution in [0.25, 0.3) is 0 Å². The van der Waals surface area contributed by atoms with Crippen molar-refractivity contribution < 1.29 is 19.4 Å². The van der Waals surface area contributed by atoms with Crippen LogP contribution in [0.4, 0.5) is 5.69 Å². The second-order valence-corrected chi connectivity index (χ2v) is 6.39. The van der Waals surface area contributed by atoms with E-state index >= 15 is 0 Å². The molecule has 2 fully saturated rings. The van der Waals surface area contributed by atoms with E-state index < -0.39 is 6.04 Å². The predicted octanol–water partition coefficient (Wildman–Crippen LogP) is 1.56. The van der Waals surface area contributed by atoms with Crippen LogP contribution in [0.2, 0.25) is 0 Å². The van der Waals surface area contributed by atoms with Gasteiger partial charge in [0.1, 0.15) is 5.75 Å². The van der Waals surface area contributed by atoms with Gasteiger partial charge in [-0.3, -0.25) is 14.5 Å². The fourth-order valence-corrected chi connectivity index (χ4v) is 3.77. The smallest absolute Gasteiger partial charge is 0.251 e. The Labute approximate surface area is 142 Å². The van der Waals surface area contributed by atoms with Crippen molar-refractivity contribution in [1.29, 1.82) is 0 Å². The number of hydrogen-bond acceptors (Lipinski definition) is 5. The molecular weight excluding hydrogens is 308 g/mol. The highest BCUT2D eigenvalue weighted by Gasteiger charge is 2.44. The summed E-state index contributed by atoms with van der Waals surface area (Å²) in [6, 6.07) is 6.74. The highest BCUT2D eigenvalue weighted by molar-refractivity contribution is 6.22. The Balaban J connectivity index is 1.79. The Morgan fingerprint density at radius 3 is 2.62 bits per heavy atom. The normalized spacial score (nSPS) is 25.3. The fourth-order valence-electron chi connectivity index (χ4n) is 3.77. The molecular formula is C18H24N2O4. The average molecular weight is 332 g/mol. The van der Waals surface area contributed by atoms with Crippen LogP contribution in [0, 0.1) is 0 Å². The third-order valence-corrected chi connectivity index (χ3v) is 4.99. The van der Waals surface area contributed by atoms with E-state index in [4.69, 9.17) is 4.74 Å². The fraction of sp³-hybridized carbons (Fsp3) is 0.556. The van der Waals surface area contributed by atoms with Crippen molar-refractivity contribution in [2.75, 3.05) is 25.2 Å². The first kappa shape index (κ1) is 16.9. The summed E-state index contributed by atoms with van der Waals surface area (Å²) in [4.78, 5) is 28.8. The zero-order valence-corrected chi connectivity index (χ0v) is 14.0. The van der Waals surface area contributed by atoms with Crippen molar-refractivity contribution in [2.24, 2.45) is 0 Å². The minimum absolute atomic E-state index is 0.109. The number of piperidine rings is 1. The number of nitrogens with zero attached hydrogens (tertiary/aromatic N) is 2. The molecule has 24 heavy (non-hydrogen) atoms. The molecule has 2 aliphatic rings. The summed E-state index contributed by atoms with van der Waals surface area (Å²) < 4.78 is 5.12. The SMILES string of the molecule is COc1ccc(N2C(=O)CC(N3CCCCC3CCO)C2=O)cc1. The Morgan fingerprint density at radius 1 is 1.21 bits per heavy atom. The molecule has 2 amide bonds. The van der Waals surface area contributed by atoms with E-state index in [2.05, 4.69) is 4.90 Å². The van der Waals surface area contributed by atoms with Gasteiger partial charge in [-0.1, -0.05) is 6.42 Å². The maximum absolute atomic E-state index is 12.9. The second-order valence-electron chi connectivity index (χ2n) is 6.39. The van der Waals surface area contributed by atoms with Gasteiger partial charge in [-0.2, -0.15) is 0 Å². The molecule has 2 saturated heterocycles. The number of rotatable bonds is 5. The van der Waals surface area contributed by atoms with E-state index in [1.54, 1.807) is 31.4 Å². The maximum atomic E-state index is 12.9. The molecule has 0 radical (unpaired) electrons. The molecule has 1 aromatic rings. The van der Waals surface area contributed by atoms with Crippen LogP contribution in [-0.2, 0) is 9.59 Å². The van der Waals surface area contributed by atoms with Crippen molar-refractivity contribution >= 4 is 17.5 Å². The first-order valence-electron chi connectivity index (χ1n) is 8.53. The van der Waals surface area contributed by atoms with E-state index in [1.165, 1.54) is 4.90 Å². The van der Waals surface area contributed by atoms with Gasteiger partial charge in [0.25, 0.3) is 5.91 Å². The summed E-state index contributed by atoms with van der Waals surface area (Å²) >= 11 is 0. The first-order chi connectivity index (χ1) is 11.7. The summed E-state index contributed by atoms with van der Waals surface area (Å²) in [6.07, 6.45) is 3.98. The number of anilines is 1. The van der Waals surface area contributed by atoms with E-state index in [9.17, 15) is 14.7 Å². The lowest BCUT2D eigenvalue weighted by Crippen LogP contribution is -2.50. The molecule has 6 nitrogen and oxygen atoms in total. The molecule has 1 N–H and O–H groups in total. The molecule has 2 unspecified atom stereocenters. The summed E-state index contributed by atoms with van der Waals surface area (Å²) in [5.41, 5.74) is 0.587. The quantitative estimate of drug-likeness (QED) is 0.829. The number of methoxy groups -OCH3 is 1. The predicted molar refractivity (Wildman–Crippen MR) is 89.9 cm³/mol. The van der Waals surface area contributed by atoms with Crippen LogP contribution in [0.1, 0.15) is 32.1 Å². The molecule has 0 bridgehead atoms. The van der Waals surface area contributed by atoms with Gasteiger partial charge in [0.2, 0.25) is 5.91 Å². The Kier molecular flexibility index (Phi) is 5.16. The lowest BCUT2D eigenvalue weighted by atomic mass is 9.97. The Hall–Kier alpha value is -1.92. The zero-order valence-electron chi connectivity index (χ0n) is 14.0. The van der Waals surface area contributed by atoms with E-state index in [0.29, 0.717) is 17.9 Å². The highest BCUT2D eigenvalue weighted by atomic mass is 16.5. The van der Waals surface area contributed by atoms with Crippen molar-refractivity contribution in [3.05, 3.63) is 24.3 Å². The first-order valence-corrected chi connectivity index (χ1v) is 8.53. The number of benzene rings is 1. The number of likely N-dealkylation sites (tertiary alicyclic amines) is 1. The molecule has 3 rings (SSSR count). The van der Waals surface area contributed by atoms with Gasteiger partial charge >= 0.3 is 0 Å². The number of aliphatic hydroxyl groups excluding tert-OH is 1. The number of amides is 2. The van der Waals surface area contributed by atoms with Crippen LogP contribution in [0.3, 0.4) is 0 Å². The van der Waals surface area contributed by atoms with Crippen LogP contribution in [0.15, 0.2) is 24.3 Å². The molecule has 2 heterocycles. The zero-order chi connectivity index (χ0) is 17.1. The van der Waals surface area contributed by atoms with Gasteiger partial charge < -0.3 is 9.84 Å². The highest BCUT2D eigenvalue weighted by Crippen LogP contribution is 2.31. The lowest BCUT2D eigenvalue weighted by molar-refractivity contribution is -0.123. The lowest BCUT2D eigenvalue weighted by Gasteiger charge is -2.38. The average Bonchev–Trinajstić information content (AvgIpc) is 2.90. The summed E-state index contributed by atoms with van der Waals surface area (Å²) in [5.74, 6) is 0.368. The van der Waals surface area contributed by atoms with E-state index in [0.717, 1.165) is 25.8 Å². The van der Waals surface area contributed by atoms with E-state index in [-0.39, 0.29) is 30.9 Å². The van der Waals surface area contributed by atoms with Gasteiger partial charge in [-0.15, -0.1) is 0 Å². The molecule has 1 aromatic carbocycles. The number of imide groups is 1. The van der Waals surface area contributed by atoms with Crippen LogP contribution in [0.5, 0.6) is 5.75 Å². The van der Waals surface area contributed by atoms with Gasteiger partial charge in [-0.05, 0) is 50.1 Å². The van der Waals surface area contributed by atoms with Crippen LogP contribution in [-0.4, -0.2) is 54.2 Å². The molecule has 0 spiro atoms. The Bertz CT molecular complexity index is 600. The van der Waals surface area contributed by atoms with Gasteiger partial charge in [0.05, 0.1) is 25.3 Å². The van der Waals surface area contributed by atoms with Crippen molar-refractivity contribution in [3.8, 4) is 5.75 Å². The summed E-state index contributed by atoms with van der Waals surface area (Å²) in [5, 5.41) is 9.28. The standard InChI is InChI=1S/C18H24N2O4/c1-24-15-7-5-14(6-8-15)20-17(22)12-16(18(20)23)19-10-3-2-4-13(19)9-11-21/h5-8,13,16,21H,2-4,9-12H2,1H3. The second kappa shape index (κ2) is 7.32. The molecule has 0 aromatic heterocycles. The summed E-state index contributed by atoms with van der Waals surface area (Å²) in [7, 11) is 1.58. The van der Waals surface area contributed by atoms with Crippen LogP contribution < -0.4 is 9.64 Å². The minimum Gasteiger partial charge on any atom is -0.497 e. The minimum atomic E-state index is -0.406. The molecule has 2 aliphatic heterocycles. The summed E-state index contributed by atoms with van der Waals surface area (Å²) in [6.45, 7) is 0.920. The topological polar surface area (TPSA) is 70.1 Å². The Morgan fingerprint density at radius 2 is 1.96 bits per heavy atom. The third kappa shape index (κ3) is 3.16. The molecule has 0 aliphatic carbocycles. The monoisotopic (exact) mass is 332 g/mol. The molecule has 6 heteroatoms. The third-order valence-electron chi connectivity index (χ3n) is 4.99. The number of hydrogen-bond donors (Lipinski definition) is 1. The number of aliphatic hydroxyl groups is 1. The molecule has 130 valence electrons. The number of carbonyl (C=O) groups excluding carboxylic acids is 2. The van der Waals surface area contributed by atoms with Crippen molar-refractivity contribution in [3.63, 3.8) is 0 Å². The number of carbonyl (C=O) groups is 2. The number of ether oxygens (including phenoxy) is 1. The maximum Gasteiger partial charge on any atom is 0.251 e. The molecule has 0 saturated carbocycles. The van der Waals surface area contributed by atoms with E-state index in [1.807, 2.05) is 0 Å².